The second-order valence-electron chi connectivity index (χ2n) is 5.97. The van der Waals surface area contributed by atoms with E-state index in [0.29, 0.717) is 24.2 Å². The number of halogens is 1. The molecule has 2 N–H and O–H groups in total. The van der Waals surface area contributed by atoms with Crippen molar-refractivity contribution in [2.24, 2.45) is 7.05 Å². The summed E-state index contributed by atoms with van der Waals surface area (Å²) in [7, 11) is 3.43. The lowest BCUT2D eigenvalue weighted by Crippen LogP contribution is -2.30. The Morgan fingerprint density at radius 3 is 2.76 bits per heavy atom. The first-order valence-corrected chi connectivity index (χ1v) is 8.06. The summed E-state index contributed by atoms with van der Waals surface area (Å²) < 4.78 is 16.0. The highest BCUT2D eigenvalue weighted by atomic mass is 19.1. The summed E-state index contributed by atoms with van der Waals surface area (Å²) in [6.45, 7) is 0.518. The van der Waals surface area contributed by atoms with Crippen LogP contribution in [0.2, 0.25) is 0 Å². The van der Waals surface area contributed by atoms with Crippen LogP contribution in [0, 0.1) is 5.82 Å². The first-order chi connectivity index (χ1) is 12.0. The van der Waals surface area contributed by atoms with Gasteiger partial charge in [0.25, 0.3) is 0 Å². The molecule has 1 atom stereocenters. The number of likely N-dealkylation sites (N-methyl/N-ethyl adjacent to an activating group) is 1. The van der Waals surface area contributed by atoms with Crippen LogP contribution in [0.5, 0.6) is 0 Å². The van der Waals surface area contributed by atoms with Gasteiger partial charge in [0.2, 0.25) is 11.8 Å². The van der Waals surface area contributed by atoms with Crippen LogP contribution in [0.25, 0.3) is 0 Å². The Morgan fingerprint density at radius 1 is 1.40 bits per heavy atom. The van der Waals surface area contributed by atoms with E-state index < -0.39 is 11.9 Å². The molecule has 3 rings (SSSR count). The van der Waals surface area contributed by atoms with Gasteiger partial charge in [0.1, 0.15) is 11.9 Å². The lowest BCUT2D eigenvalue weighted by atomic mass is 10.1. The number of hydrogen-bond acceptors (Lipinski definition) is 4. The number of amides is 2. The number of carbonyl (C=O) groups excluding carboxylic acids is 2. The molecule has 1 aromatic heterocycles. The Morgan fingerprint density at radius 2 is 2.20 bits per heavy atom. The molecule has 0 aliphatic carbocycles. The van der Waals surface area contributed by atoms with E-state index in [2.05, 4.69) is 15.7 Å². The van der Waals surface area contributed by atoms with Crippen LogP contribution in [-0.4, -0.2) is 35.2 Å². The molecule has 2 aromatic rings. The van der Waals surface area contributed by atoms with E-state index in [1.807, 2.05) is 0 Å². The van der Waals surface area contributed by atoms with E-state index in [1.54, 1.807) is 37.2 Å². The minimum atomic E-state index is -0.600. The van der Waals surface area contributed by atoms with Gasteiger partial charge in [-0.15, -0.1) is 0 Å². The summed E-state index contributed by atoms with van der Waals surface area (Å²) >= 11 is 0. The van der Waals surface area contributed by atoms with Crippen LogP contribution in [0.4, 0.5) is 15.8 Å². The molecule has 1 aliphatic rings. The van der Waals surface area contributed by atoms with Gasteiger partial charge in [0.05, 0.1) is 11.9 Å². The summed E-state index contributed by atoms with van der Waals surface area (Å²) in [4.78, 5) is 25.6. The van der Waals surface area contributed by atoms with Crippen LogP contribution in [0.1, 0.15) is 24.4 Å². The quantitative estimate of drug-likeness (QED) is 0.862. The second kappa shape index (κ2) is 7.02. The standard InChI is InChI=1S/C17H20FN5O2/c1-19-16(11-9-20-22(2)10-11)17(25)21-12-5-6-14(13(18)8-12)23-7-3-4-15(23)24/h5-6,8-10,16,19H,3-4,7H2,1-2H3,(H,21,25). The van der Waals surface area contributed by atoms with Crippen LogP contribution in [-0.2, 0) is 16.6 Å². The molecule has 1 aromatic carbocycles. The maximum atomic E-state index is 14.4. The van der Waals surface area contributed by atoms with Gasteiger partial charge in [-0.05, 0) is 31.7 Å². The van der Waals surface area contributed by atoms with Gasteiger partial charge in [0, 0.05) is 37.5 Å². The molecule has 0 saturated carbocycles. The monoisotopic (exact) mass is 345 g/mol. The molecule has 2 amide bonds. The van der Waals surface area contributed by atoms with E-state index in [9.17, 15) is 14.0 Å². The Kier molecular flexibility index (Phi) is 4.80. The molecule has 7 nitrogen and oxygen atoms in total. The predicted molar refractivity (Wildman–Crippen MR) is 91.6 cm³/mol. The van der Waals surface area contributed by atoms with Crippen LogP contribution in [0.3, 0.4) is 0 Å². The molecule has 1 unspecified atom stereocenters. The van der Waals surface area contributed by atoms with Crippen LogP contribution < -0.4 is 15.5 Å². The highest BCUT2D eigenvalue weighted by Gasteiger charge is 2.25. The van der Waals surface area contributed by atoms with E-state index in [0.717, 1.165) is 6.42 Å². The number of anilines is 2. The zero-order valence-electron chi connectivity index (χ0n) is 14.1. The topological polar surface area (TPSA) is 79.3 Å². The highest BCUT2D eigenvalue weighted by Crippen LogP contribution is 2.27. The zero-order chi connectivity index (χ0) is 18.0. The number of hydrogen-bond donors (Lipinski definition) is 2. The number of nitrogens with one attached hydrogen (secondary N) is 2. The van der Waals surface area contributed by atoms with Crippen LogP contribution >= 0.6 is 0 Å². The van der Waals surface area contributed by atoms with Gasteiger partial charge in [-0.3, -0.25) is 14.3 Å². The third-order valence-corrected chi connectivity index (χ3v) is 4.19. The fraction of sp³-hybridized carbons (Fsp3) is 0.353. The van der Waals surface area contributed by atoms with E-state index in [-0.39, 0.29) is 17.5 Å². The third kappa shape index (κ3) is 3.53. The molecule has 1 saturated heterocycles. The van der Waals surface area contributed by atoms with Crippen molar-refractivity contribution in [2.45, 2.75) is 18.9 Å². The van der Waals surface area contributed by atoms with Crippen molar-refractivity contribution in [3.05, 3.63) is 42.0 Å². The number of aromatic nitrogens is 2. The molecule has 1 fully saturated rings. The number of rotatable bonds is 5. The molecule has 1 aliphatic heterocycles. The van der Waals surface area contributed by atoms with Gasteiger partial charge in [-0.2, -0.15) is 5.10 Å². The van der Waals surface area contributed by atoms with E-state index >= 15 is 0 Å². The Balaban J connectivity index is 1.75. The number of nitrogens with zero attached hydrogens (tertiary/aromatic N) is 3. The molecular formula is C17H20FN5O2. The minimum absolute atomic E-state index is 0.0810. The number of benzene rings is 1. The lowest BCUT2D eigenvalue weighted by molar-refractivity contribution is -0.118. The van der Waals surface area contributed by atoms with Crippen molar-refractivity contribution in [3.8, 4) is 0 Å². The first kappa shape index (κ1) is 17.1. The minimum Gasteiger partial charge on any atom is -0.324 e. The molecule has 132 valence electrons. The SMILES string of the molecule is CNC(C(=O)Nc1ccc(N2CCCC2=O)c(F)c1)c1cnn(C)c1. The smallest absolute Gasteiger partial charge is 0.246 e. The fourth-order valence-corrected chi connectivity index (χ4v) is 2.96. The van der Waals surface area contributed by atoms with E-state index in [1.165, 1.54) is 17.0 Å². The second-order valence-corrected chi connectivity index (χ2v) is 5.97. The third-order valence-electron chi connectivity index (χ3n) is 4.19. The van der Waals surface area contributed by atoms with Crippen LogP contribution in [0.15, 0.2) is 30.6 Å². The highest BCUT2D eigenvalue weighted by molar-refractivity contribution is 5.97. The molecular weight excluding hydrogens is 325 g/mol. The zero-order valence-corrected chi connectivity index (χ0v) is 14.1. The van der Waals surface area contributed by atoms with Gasteiger partial charge < -0.3 is 15.5 Å². The number of carbonyl (C=O) groups is 2. The molecule has 25 heavy (non-hydrogen) atoms. The van der Waals surface area contributed by atoms with Gasteiger partial charge >= 0.3 is 0 Å². The molecule has 2 heterocycles. The first-order valence-electron chi connectivity index (χ1n) is 8.06. The normalized spacial score (nSPS) is 15.5. The number of aryl methyl sites for hydroxylation is 1. The summed E-state index contributed by atoms with van der Waals surface area (Å²) in [6, 6.07) is 3.75. The van der Waals surface area contributed by atoms with Crippen molar-refractivity contribution in [3.63, 3.8) is 0 Å². The Hall–Kier alpha value is -2.74. The molecule has 0 bridgehead atoms. The van der Waals surface area contributed by atoms with Crippen molar-refractivity contribution in [1.29, 1.82) is 0 Å². The van der Waals surface area contributed by atoms with Gasteiger partial charge in [0.15, 0.2) is 0 Å². The summed E-state index contributed by atoms with van der Waals surface area (Å²) in [6.07, 6.45) is 4.51. The Labute approximate surface area is 144 Å². The van der Waals surface area contributed by atoms with E-state index in [4.69, 9.17) is 0 Å². The molecule has 0 radical (unpaired) electrons. The summed E-state index contributed by atoms with van der Waals surface area (Å²) in [5, 5.41) is 9.66. The summed E-state index contributed by atoms with van der Waals surface area (Å²) in [5.74, 6) is -0.933. The molecule has 0 spiro atoms. The predicted octanol–water partition coefficient (Wildman–Crippen LogP) is 1.59. The van der Waals surface area contributed by atoms with Crippen molar-refractivity contribution in [1.82, 2.24) is 15.1 Å². The average Bonchev–Trinajstić information content (AvgIpc) is 3.17. The maximum absolute atomic E-state index is 14.4. The lowest BCUT2D eigenvalue weighted by Gasteiger charge is -2.18. The Bertz CT molecular complexity index is 804. The van der Waals surface area contributed by atoms with Crippen molar-refractivity contribution < 1.29 is 14.0 Å². The van der Waals surface area contributed by atoms with Gasteiger partial charge in [-0.1, -0.05) is 0 Å². The largest absolute Gasteiger partial charge is 0.324 e. The van der Waals surface area contributed by atoms with Crippen molar-refractivity contribution >= 4 is 23.2 Å². The maximum Gasteiger partial charge on any atom is 0.246 e. The fourth-order valence-electron chi connectivity index (χ4n) is 2.96. The summed E-state index contributed by atoms with van der Waals surface area (Å²) in [5.41, 5.74) is 1.29. The van der Waals surface area contributed by atoms with Crippen molar-refractivity contribution in [2.75, 3.05) is 23.8 Å². The molecule has 8 heteroatoms. The van der Waals surface area contributed by atoms with Gasteiger partial charge in [-0.25, -0.2) is 4.39 Å². The average molecular weight is 345 g/mol.